The Morgan fingerprint density at radius 3 is 2.29 bits per heavy atom. The fourth-order valence-corrected chi connectivity index (χ4v) is 1.94. The van der Waals surface area contributed by atoms with Crippen LogP contribution in [0.25, 0.3) is 0 Å². The van der Waals surface area contributed by atoms with Gasteiger partial charge in [-0.2, -0.15) is 13.2 Å². The van der Waals surface area contributed by atoms with E-state index in [0.717, 1.165) is 16.6 Å². The summed E-state index contributed by atoms with van der Waals surface area (Å²) < 4.78 is 39.1. The summed E-state index contributed by atoms with van der Waals surface area (Å²) >= 11 is 3.24. The number of amides is 1. The predicted molar refractivity (Wildman–Crippen MR) is 78.0 cm³/mol. The Morgan fingerprint density at radius 2 is 1.71 bits per heavy atom. The molecule has 0 saturated carbocycles. The van der Waals surface area contributed by atoms with Gasteiger partial charge in [0.05, 0.1) is 5.56 Å². The molecule has 0 aromatic heterocycles. The molecule has 110 valence electrons. The van der Waals surface area contributed by atoms with Gasteiger partial charge in [0.2, 0.25) is 0 Å². The number of rotatable bonds is 2. The van der Waals surface area contributed by atoms with Crippen molar-refractivity contribution in [3.63, 3.8) is 0 Å². The first-order valence-electron chi connectivity index (χ1n) is 5.81. The summed E-state index contributed by atoms with van der Waals surface area (Å²) in [6, 6.07) is 9.73. The Labute approximate surface area is 127 Å². The highest BCUT2D eigenvalue weighted by Crippen LogP contribution is 2.34. The lowest BCUT2D eigenvalue weighted by Gasteiger charge is -2.12. The van der Waals surface area contributed by atoms with Crippen molar-refractivity contribution < 1.29 is 18.0 Å². The average Bonchev–Trinajstić information content (AvgIpc) is 2.40. The molecule has 0 aliphatic carbocycles. The smallest absolute Gasteiger partial charge is 0.398 e. The molecule has 1 amide bonds. The van der Waals surface area contributed by atoms with E-state index in [1.54, 1.807) is 24.3 Å². The van der Waals surface area contributed by atoms with Crippen molar-refractivity contribution in [3.05, 3.63) is 58.1 Å². The number of carbonyl (C=O) groups excluding carboxylic acids is 1. The van der Waals surface area contributed by atoms with Gasteiger partial charge in [0.1, 0.15) is 0 Å². The van der Waals surface area contributed by atoms with Gasteiger partial charge in [-0.1, -0.05) is 15.9 Å². The van der Waals surface area contributed by atoms with Gasteiger partial charge in [-0.3, -0.25) is 4.79 Å². The van der Waals surface area contributed by atoms with E-state index in [1.807, 2.05) is 0 Å². The van der Waals surface area contributed by atoms with E-state index in [1.165, 1.54) is 6.07 Å². The fraction of sp³-hybridized carbons (Fsp3) is 0.0714. The zero-order valence-electron chi connectivity index (χ0n) is 10.5. The SMILES string of the molecule is Nc1ccc(C(=O)Nc2ccc(Br)cc2)cc1C(F)(F)F. The highest BCUT2D eigenvalue weighted by atomic mass is 79.9. The molecule has 7 heteroatoms. The van der Waals surface area contributed by atoms with Crippen LogP contribution in [0.15, 0.2) is 46.9 Å². The van der Waals surface area contributed by atoms with Gasteiger partial charge < -0.3 is 11.1 Å². The standard InChI is InChI=1S/C14H10BrF3N2O/c15-9-2-4-10(5-3-9)20-13(21)8-1-6-12(19)11(7-8)14(16,17)18/h1-7H,19H2,(H,20,21). The molecule has 2 rings (SSSR count). The largest absolute Gasteiger partial charge is 0.418 e. The van der Waals surface area contributed by atoms with E-state index in [4.69, 9.17) is 5.73 Å². The third-order valence-electron chi connectivity index (χ3n) is 2.72. The molecule has 3 nitrogen and oxygen atoms in total. The molecule has 0 heterocycles. The van der Waals surface area contributed by atoms with Crippen LogP contribution in [0.1, 0.15) is 15.9 Å². The van der Waals surface area contributed by atoms with Crippen molar-refractivity contribution in [2.45, 2.75) is 6.18 Å². The molecule has 0 atom stereocenters. The van der Waals surface area contributed by atoms with E-state index in [0.29, 0.717) is 5.69 Å². The first-order valence-corrected chi connectivity index (χ1v) is 6.60. The molecular formula is C14H10BrF3N2O. The number of benzene rings is 2. The van der Waals surface area contributed by atoms with E-state index in [9.17, 15) is 18.0 Å². The summed E-state index contributed by atoms with van der Waals surface area (Å²) in [6.45, 7) is 0. The van der Waals surface area contributed by atoms with Crippen molar-refractivity contribution >= 4 is 33.2 Å². The summed E-state index contributed by atoms with van der Waals surface area (Å²) in [4.78, 5) is 12.0. The van der Waals surface area contributed by atoms with Crippen LogP contribution in [-0.2, 0) is 6.18 Å². The maximum absolute atomic E-state index is 12.7. The van der Waals surface area contributed by atoms with Crippen molar-refractivity contribution in [1.82, 2.24) is 0 Å². The van der Waals surface area contributed by atoms with Gasteiger partial charge >= 0.3 is 6.18 Å². The van der Waals surface area contributed by atoms with Gasteiger partial charge in [-0.25, -0.2) is 0 Å². The van der Waals surface area contributed by atoms with E-state index in [-0.39, 0.29) is 5.56 Å². The maximum atomic E-state index is 12.7. The quantitative estimate of drug-likeness (QED) is 0.786. The molecule has 0 bridgehead atoms. The van der Waals surface area contributed by atoms with Gasteiger partial charge in [0.15, 0.2) is 0 Å². The number of nitrogens with two attached hydrogens (primary N) is 1. The Kier molecular flexibility index (Phi) is 4.22. The molecule has 21 heavy (non-hydrogen) atoms. The van der Waals surface area contributed by atoms with Crippen LogP contribution in [0.2, 0.25) is 0 Å². The number of hydrogen-bond acceptors (Lipinski definition) is 2. The molecule has 0 fully saturated rings. The minimum atomic E-state index is -4.60. The van der Waals surface area contributed by atoms with Gasteiger partial charge in [0, 0.05) is 21.4 Å². The molecule has 0 aliphatic rings. The van der Waals surface area contributed by atoms with Crippen molar-refractivity contribution in [3.8, 4) is 0 Å². The zero-order valence-corrected chi connectivity index (χ0v) is 12.1. The maximum Gasteiger partial charge on any atom is 0.418 e. The number of alkyl halides is 3. The average molecular weight is 359 g/mol. The van der Waals surface area contributed by atoms with Crippen LogP contribution in [-0.4, -0.2) is 5.91 Å². The number of halogens is 4. The fourth-order valence-electron chi connectivity index (χ4n) is 1.68. The van der Waals surface area contributed by atoms with Crippen LogP contribution in [0, 0.1) is 0 Å². The topological polar surface area (TPSA) is 55.1 Å². The molecular weight excluding hydrogens is 349 g/mol. The second-order valence-electron chi connectivity index (χ2n) is 4.26. The Hall–Kier alpha value is -2.02. The third kappa shape index (κ3) is 3.75. The van der Waals surface area contributed by atoms with Crippen LogP contribution >= 0.6 is 15.9 Å². The molecule has 0 unspecified atom stereocenters. The van der Waals surface area contributed by atoms with Crippen molar-refractivity contribution in [2.75, 3.05) is 11.1 Å². The highest BCUT2D eigenvalue weighted by Gasteiger charge is 2.33. The van der Waals surface area contributed by atoms with Gasteiger partial charge in [-0.15, -0.1) is 0 Å². The minimum absolute atomic E-state index is 0.112. The number of nitrogens with one attached hydrogen (secondary N) is 1. The van der Waals surface area contributed by atoms with Gasteiger partial charge in [-0.05, 0) is 42.5 Å². The number of carbonyl (C=O) groups is 1. The molecule has 0 saturated heterocycles. The Morgan fingerprint density at radius 1 is 1.10 bits per heavy atom. The van der Waals surface area contributed by atoms with Crippen LogP contribution in [0.5, 0.6) is 0 Å². The molecule has 3 N–H and O–H groups in total. The Balaban J connectivity index is 2.25. The highest BCUT2D eigenvalue weighted by molar-refractivity contribution is 9.10. The van der Waals surface area contributed by atoms with Gasteiger partial charge in [0.25, 0.3) is 5.91 Å². The monoisotopic (exact) mass is 358 g/mol. The minimum Gasteiger partial charge on any atom is -0.398 e. The first-order chi connectivity index (χ1) is 9.77. The normalized spacial score (nSPS) is 11.2. The van der Waals surface area contributed by atoms with E-state index >= 15 is 0 Å². The van der Waals surface area contributed by atoms with Crippen LogP contribution < -0.4 is 11.1 Å². The second kappa shape index (κ2) is 5.77. The third-order valence-corrected chi connectivity index (χ3v) is 3.25. The molecule has 2 aromatic carbocycles. The summed E-state index contributed by atoms with van der Waals surface area (Å²) in [7, 11) is 0. The number of anilines is 2. The predicted octanol–water partition coefficient (Wildman–Crippen LogP) is 4.30. The second-order valence-corrected chi connectivity index (χ2v) is 5.18. The number of hydrogen-bond donors (Lipinski definition) is 2. The lowest BCUT2D eigenvalue weighted by molar-refractivity contribution is -0.136. The van der Waals surface area contributed by atoms with Crippen molar-refractivity contribution in [2.24, 2.45) is 0 Å². The summed E-state index contributed by atoms with van der Waals surface area (Å²) in [5.41, 5.74) is 4.22. The summed E-state index contributed by atoms with van der Waals surface area (Å²) in [5, 5.41) is 2.52. The molecule has 0 aliphatic heterocycles. The van der Waals surface area contributed by atoms with E-state index in [2.05, 4.69) is 21.2 Å². The molecule has 0 radical (unpaired) electrons. The summed E-state index contributed by atoms with van der Waals surface area (Å²) in [5.74, 6) is -0.636. The zero-order chi connectivity index (χ0) is 15.6. The first kappa shape index (κ1) is 15.4. The lowest BCUT2D eigenvalue weighted by atomic mass is 10.1. The van der Waals surface area contributed by atoms with Crippen molar-refractivity contribution in [1.29, 1.82) is 0 Å². The van der Waals surface area contributed by atoms with Crippen LogP contribution in [0.4, 0.5) is 24.5 Å². The number of nitrogen functional groups attached to an aromatic ring is 1. The Bertz CT molecular complexity index is 669. The van der Waals surface area contributed by atoms with Crippen LogP contribution in [0.3, 0.4) is 0 Å². The summed E-state index contributed by atoms with van der Waals surface area (Å²) in [6.07, 6.45) is -4.60. The lowest BCUT2D eigenvalue weighted by Crippen LogP contribution is -2.15. The van der Waals surface area contributed by atoms with E-state index < -0.39 is 23.3 Å². The molecule has 0 spiro atoms. The molecule has 2 aromatic rings.